The van der Waals surface area contributed by atoms with Crippen molar-refractivity contribution in [2.75, 3.05) is 7.11 Å². The SMILES string of the molecule is COc1ccc(C(=O)Cn2c(=O)c3c(nc(Br)n3Cc3cc(F)ccc3C)n(C)c2=O)cc1. The largest absolute Gasteiger partial charge is 0.497 e. The molecule has 0 radical (unpaired) electrons. The molecule has 0 aliphatic heterocycles. The van der Waals surface area contributed by atoms with Crippen LogP contribution in [0.3, 0.4) is 0 Å². The van der Waals surface area contributed by atoms with Gasteiger partial charge in [0, 0.05) is 12.6 Å². The number of aromatic nitrogens is 4. The van der Waals surface area contributed by atoms with Gasteiger partial charge in [-0.1, -0.05) is 6.07 Å². The quantitative estimate of drug-likeness (QED) is 0.291. The molecule has 0 saturated carbocycles. The zero-order valence-electron chi connectivity index (χ0n) is 18.1. The summed E-state index contributed by atoms with van der Waals surface area (Å²) < 4.78 is 22.9. The number of Topliss-reactive ketones (excluding diaryl/α,β-unsaturated/α-hetero) is 1. The Morgan fingerprint density at radius 2 is 1.82 bits per heavy atom. The molecule has 2 aromatic heterocycles. The van der Waals surface area contributed by atoms with E-state index in [0.29, 0.717) is 21.6 Å². The highest BCUT2D eigenvalue weighted by Crippen LogP contribution is 2.20. The van der Waals surface area contributed by atoms with Gasteiger partial charge in [-0.05, 0) is 70.4 Å². The summed E-state index contributed by atoms with van der Waals surface area (Å²) in [7, 11) is 3.00. The van der Waals surface area contributed by atoms with Gasteiger partial charge in [0.15, 0.2) is 21.7 Å². The number of carbonyl (C=O) groups is 1. The molecule has 0 atom stereocenters. The Morgan fingerprint density at radius 1 is 1.12 bits per heavy atom. The molecule has 0 unspecified atom stereocenters. The summed E-state index contributed by atoms with van der Waals surface area (Å²) in [5.74, 6) is -0.212. The van der Waals surface area contributed by atoms with Crippen LogP contribution in [-0.2, 0) is 20.1 Å². The maximum absolute atomic E-state index is 13.8. The van der Waals surface area contributed by atoms with E-state index in [1.54, 1.807) is 34.9 Å². The average molecular weight is 515 g/mol. The topological polar surface area (TPSA) is 88.1 Å². The van der Waals surface area contributed by atoms with E-state index in [2.05, 4.69) is 20.9 Å². The number of carbonyl (C=O) groups excluding carboxylic acids is 1. The smallest absolute Gasteiger partial charge is 0.332 e. The fourth-order valence-electron chi connectivity index (χ4n) is 3.62. The maximum atomic E-state index is 13.8. The summed E-state index contributed by atoms with van der Waals surface area (Å²) in [4.78, 5) is 43.4. The number of aryl methyl sites for hydroxylation is 2. The van der Waals surface area contributed by atoms with E-state index in [0.717, 1.165) is 10.1 Å². The molecule has 0 amide bonds. The van der Waals surface area contributed by atoms with Gasteiger partial charge in [0.1, 0.15) is 11.6 Å². The molecule has 0 fully saturated rings. The lowest BCUT2D eigenvalue weighted by Gasteiger charge is -2.11. The number of ether oxygens (including phenoxy) is 1. The van der Waals surface area contributed by atoms with Gasteiger partial charge in [-0.2, -0.15) is 0 Å². The Kier molecular flexibility index (Phi) is 6.03. The highest BCUT2D eigenvalue weighted by atomic mass is 79.9. The summed E-state index contributed by atoms with van der Waals surface area (Å²) in [5, 5.41) is 0. The van der Waals surface area contributed by atoms with Crippen LogP contribution in [0.1, 0.15) is 21.5 Å². The highest BCUT2D eigenvalue weighted by Gasteiger charge is 2.21. The van der Waals surface area contributed by atoms with Gasteiger partial charge in [0.2, 0.25) is 0 Å². The number of rotatable bonds is 6. The molecule has 8 nitrogen and oxygen atoms in total. The summed E-state index contributed by atoms with van der Waals surface area (Å²) >= 11 is 3.34. The van der Waals surface area contributed by atoms with Crippen molar-refractivity contribution in [3.63, 3.8) is 0 Å². The zero-order valence-corrected chi connectivity index (χ0v) is 19.7. The van der Waals surface area contributed by atoms with Gasteiger partial charge < -0.3 is 9.30 Å². The van der Waals surface area contributed by atoms with Crippen molar-refractivity contribution in [1.82, 2.24) is 18.7 Å². The number of imidazole rings is 1. The van der Waals surface area contributed by atoms with Crippen LogP contribution in [-0.4, -0.2) is 31.6 Å². The molecule has 10 heteroatoms. The van der Waals surface area contributed by atoms with Crippen LogP contribution in [0.2, 0.25) is 0 Å². The third kappa shape index (κ3) is 4.13. The number of fused-ring (bicyclic) bond motifs is 1. The lowest BCUT2D eigenvalue weighted by molar-refractivity contribution is 0.0969. The van der Waals surface area contributed by atoms with Crippen LogP contribution < -0.4 is 16.0 Å². The molecule has 0 saturated heterocycles. The molecular weight excluding hydrogens is 495 g/mol. The predicted octanol–water partition coefficient (Wildman–Crippen LogP) is 3.05. The number of ketones is 1. The molecule has 2 heterocycles. The van der Waals surface area contributed by atoms with Crippen LogP contribution in [0.4, 0.5) is 4.39 Å². The van der Waals surface area contributed by atoms with Gasteiger partial charge in [-0.25, -0.2) is 14.2 Å². The summed E-state index contributed by atoms with van der Waals surface area (Å²) in [6.07, 6.45) is 0. The normalized spacial score (nSPS) is 11.2. The van der Waals surface area contributed by atoms with Gasteiger partial charge in [-0.15, -0.1) is 0 Å². The number of hydrogen-bond donors (Lipinski definition) is 0. The monoisotopic (exact) mass is 514 g/mol. The van der Waals surface area contributed by atoms with E-state index in [9.17, 15) is 18.8 Å². The van der Waals surface area contributed by atoms with Crippen LogP contribution in [0.15, 0.2) is 56.8 Å². The molecule has 0 N–H and O–H groups in total. The molecule has 0 bridgehead atoms. The Morgan fingerprint density at radius 3 is 2.48 bits per heavy atom. The number of benzene rings is 2. The number of nitrogens with zero attached hydrogens (tertiary/aromatic N) is 4. The predicted molar refractivity (Wildman–Crippen MR) is 124 cm³/mol. The summed E-state index contributed by atoms with van der Waals surface area (Å²) in [5.41, 5.74) is 0.828. The van der Waals surface area contributed by atoms with Crippen LogP contribution in [0, 0.1) is 12.7 Å². The molecule has 170 valence electrons. The number of hydrogen-bond acceptors (Lipinski definition) is 5. The van der Waals surface area contributed by atoms with Gasteiger partial charge in [0.25, 0.3) is 5.56 Å². The van der Waals surface area contributed by atoms with E-state index in [-0.39, 0.29) is 17.7 Å². The van der Waals surface area contributed by atoms with Crippen molar-refractivity contribution in [2.24, 2.45) is 7.05 Å². The van der Waals surface area contributed by atoms with Crippen LogP contribution in [0.5, 0.6) is 5.75 Å². The second-order valence-electron chi connectivity index (χ2n) is 7.59. The van der Waals surface area contributed by atoms with E-state index < -0.39 is 29.4 Å². The second-order valence-corrected chi connectivity index (χ2v) is 8.30. The molecular formula is C23H20BrFN4O4. The summed E-state index contributed by atoms with van der Waals surface area (Å²) in [6, 6.07) is 10.8. The summed E-state index contributed by atoms with van der Waals surface area (Å²) in [6.45, 7) is 1.56. The second kappa shape index (κ2) is 8.78. The van der Waals surface area contributed by atoms with Gasteiger partial charge in [0.05, 0.1) is 20.2 Å². The Bertz CT molecular complexity index is 1500. The van der Waals surface area contributed by atoms with Crippen molar-refractivity contribution in [1.29, 1.82) is 0 Å². The molecule has 4 rings (SSSR count). The zero-order chi connectivity index (χ0) is 23.9. The highest BCUT2D eigenvalue weighted by molar-refractivity contribution is 9.10. The standard InChI is InChI=1S/C23H20BrFN4O4/c1-13-4-7-16(25)10-15(13)11-28-19-20(26-22(28)24)27(2)23(32)29(21(19)31)12-18(30)14-5-8-17(33-3)9-6-14/h4-10H,11-12H2,1-3H3. The minimum absolute atomic E-state index is 0.134. The van der Waals surface area contributed by atoms with E-state index in [1.807, 2.05) is 6.92 Å². The minimum Gasteiger partial charge on any atom is -0.497 e. The van der Waals surface area contributed by atoms with Crippen molar-refractivity contribution >= 4 is 32.9 Å². The molecule has 0 aliphatic rings. The number of halogens is 2. The van der Waals surface area contributed by atoms with E-state index in [4.69, 9.17) is 4.74 Å². The van der Waals surface area contributed by atoms with Crippen LogP contribution in [0.25, 0.3) is 11.2 Å². The Labute approximate surface area is 196 Å². The molecule has 4 aromatic rings. The molecule has 0 spiro atoms. The maximum Gasteiger partial charge on any atom is 0.332 e. The average Bonchev–Trinajstić information content (AvgIpc) is 3.13. The third-order valence-electron chi connectivity index (χ3n) is 5.54. The van der Waals surface area contributed by atoms with Gasteiger partial charge >= 0.3 is 5.69 Å². The fourth-order valence-corrected chi connectivity index (χ4v) is 4.09. The molecule has 2 aromatic carbocycles. The lowest BCUT2D eigenvalue weighted by atomic mass is 10.1. The first-order valence-electron chi connectivity index (χ1n) is 9.99. The first kappa shape index (κ1) is 22.7. The van der Waals surface area contributed by atoms with E-state index >= 15 is 0 Å². The number of methoxy groups -OCH3 is 1. The minimum atomic E-state index is -0.659. The van der Waals surface area contributed by atoms with Gasteiger partial charge in [-0.3, -0.25) is 18.7 Å². The van der Waals surface area contributed by atoms with Crippen LogP contribution >= 0.6 is 15.9 Å². The lowest BCUT2D eigenvalue weighted by Crippen LogP contribution is -2.41. The Hall–Kier alpha value is -3.53. The van der Waals surface area contributed by atoms with Crippen molar-refractivity contribution < 1.29 is 13.9 Å². The van der Waals surface area contributed by atoms with Crippen molar-refractivity contribution in [3.8, 4) is 5.75 Å². The van der Waals surface area contributed by atoms with Crippen molar-refractivity contribution in [3.05, 3.63) is 90.5 Å². The third-order valence-corrected chi connectivity index (χ3v) is 6.14. The van der Waals surface area contributed by atoms with E-state index in [1.165, 1.54) is 30.9 Å². The Balaban J connectivity index is 1.82. The first-order chi connectivity index (χ1) is 15.7. The van der Waals surface area contributed by atoms with Crippen molar-refractivity contribution in [2.45, 2.75) is 20.0 Å². The fraction of sp³-hybridized carbons (Fsp3) is 0.217. The molecule has 0 aliphatic carbocycles. The molecule has 33 heavy (non-hydrogen) atoms. The first-order valence-corrected chi connectivity index (χ1v) is 10.8.